The Hall–Kier alpha value is -6.58. The highest BCUT2D eigenvalue weighted by molar-refractivity contribution is 6.21. The standard InChI is InChI=1S/C46H29N3/c1-2-13-32(14-3-1)46-47-40(31-24-26-35(27-25-31)49-42-20-10-8-18-38(42)39-19-9-11-21-43(39)49)29-41(48-46)45-37-17-7-5-15-33(37)28-34-23-22-30-12-4-6-16-36(30)44(34)45/h1-29H. The van der Waals surface area contributed by atoms with Crippen molar-refractivity contribution in [2.24, 2.45) is 0 Å². The van der Waals surface area contributed by atoms with Crippen molar-refractivity contribution in [2.75, 3.05) is 0 Å². The quantitative estimate of drug-likeness (QED) is 0.144. The molecule has 0 atom stereocenters. The first-order valence-corrected chi connectivity index (χ1v) is 16.7. The molecule has 0 fully saturated rings. The average Bonchev–Trinajstić information content (AvgIpc) is 3.51. The number of nitrogens with zero attached hydrogens (tertiary/aromatic N) is 3. The van der Waals surface area contributed by atoms with Gasteiger partial charge in [-0.25, -0.2) is 9.97 Å². The third-order valence-corrected chi connectivity index (χ3v) is 9.77. The van der Waals surface area contributed by atoms with Gasteiger partial charge in [0.2, 0.25) is 0 Å². The molecule has 2 aromatic heterocycles. The van der Waals surface area contributed by atoms with Crippen molar-refractivity contribution < 1.29 is 0 Å². The summed E-state index contributed by atoms with van der Waals surface area (Å²) < 4.78 is 2.35. The molecule has 0 N–H and O–H groups in total. The van der Waals surface area contributed by atoms with E-state index in [1.54, 1.807) is 0 Å². The fraction of sp³-hybridized carbons (Fsp3) is 0. The van der Waals surface area contributed by atoms with Crippen LogP contribution >= 0.6 is 0 Å². The second-order valence-corrected chi connectivity index (χ2v) is 12.6. The molecule has 0 radical (unpaired) electrons. The summed E-state index contributed by atoms with van der Waals surface area (Å²) in [4.78, 5) is 10.5. The molecule has 0 saturated heterocycles. The van der Waals surface area contributed by atoms with Crippen molar-refractivity contribution in [3.05, 3.63) is 176 Å². The number of benzene rings is 8. The summed E-state index contributed by atoms with van der Waals surface area (Å²) in [7, 11) is 0. The predicted molar refractivity (Wildman–Crippen MR) is 205 cm³/mol. The maximum Gasteiger partial charge on any atom is 0.160 e. The summed E-state index contributed by atoms with van der Waals surface area (Å²) in [6, 6.07) is 62.6. The minimum absolute atomic E-state index is 0.709. The van der Waals surface area contributed by atoms with Crippen LogP contribution in [0.5, 0.6) is 0 Å². The van der Waals surface area contributed by atoms with E-state index in [2.05, 4.69) is 162 Å². The minimum Gasteiger partial charge on any atom is -0.309 e. The fourth-order valence-electron chi connectivity index (χ4n) is 7.53. The van der Waals surface area contributed by atoms with Gasteiger partial charge < -0.3 is 4.57 Å². The van der Waals surface area contributed by atoms with E-state index in [0.717, 1.165) is 33.8 Å². The van der Waals surface area contributed by atoms with Crippen molar-refractivity contribution in [2.45, 2.75) is 0 Å². The molecule has 0 bridgehead atoms. The van der Waals surface area contributed by atoms with Gasteiger partial charge in [0, 0.05) is 33.2 Å². The first-order valence-electron chi connectivity index (χ1n) is 16.7. The van der Waals surface area contributed by atoms with Crippen molar-refractivity contribution in [3.8, 4) is 39.6 Å². The predicted octanol–water partition coefficient (Wildman–Crippen LogP) is 12.0. The van der Waals surface area contributed by atoms with Crippen LogP contribution in [0, 0.1) is 0 Å². The van der Waals surface area contributed by atoms with Crippen LogP contribution in [0.4, 0.5) is 0 Å². The molecule has 0 aliphatic rings. The first-order chi connectivity index (χ1) is 24.3. The Morgan fingerprint density at radius 2 is 0.939 bits per heavy atom. The van der Waals surface area contributed by atoms with Crippen LogP contribution in [0.3, 0.4) is 0 Å². The molecule has 3 heteroatoms. The number of fused-ring (bicyclic) bond motifs is 7. The van der Waals surface area contributed by atoms with Crippen LogP contribution < -0.4 is 0 Å². The van der Waals surface area contributed by atoms with E-state index in [1.165, 1.54) is 54.1 Å². The third-order valence-electron chi connectivity index (χ3n) is 9.77. The lowest BCUT2D eigenvalue weighted by molar-refractivity contribution is 1.17. The lowest BCUT2D eigenvalue weighted by Gasteiger charge is -2.16. The first kappa shape index (κ1) is 27.5. The van der Waals surface area contributed by atoms with Gasteiger partial charge in [-0.3, -0.25) is 0 Å². The van der Waals surface area contributed by atoms with Crippen LogP contribution in [0.1, 0.15) is 0 Å². The van der Waals surface area contributed by atoms with Gasteiger partial charge in [-0.2, -0.15) is 0 Å². The number of aromatic nitrogens is 3. The Labute approximate surface area is 283 Å². The molecule has 10 aromatic rings. The highest BCUT2D eigenvalue weighted by Gasteiger charge is 2.18. The topological polar surface area (TPSA) is 30.7 Å². The monoisotopic (exact) mass is 623 g/mol. The molecule has 0 aliphatic heterocycles. The zero-order valence-corrected chi connectivity index (χ0v) is 26.6. The Bertz CT molecular complexity index is 2810. The van der Waals surface area contributed by atoms with Gasteiger partial charge >= 0.3 is 0 Å². The number of hydrogen-bond donors (Lipinski definition) is 0. The molecule has 0 saturated carbocycles. The van der Waals surface area contributed by atoms with Gasteiger partial charge in [-0.05, 0) is 68.7 Å². The van der Waals surface area contributed by atoms with Crippen LogP contribution in [0.15, 0.2) is 176 Å². The lowest BCUT2D eigenvalue weighted by atomic mass is 9.90. The lowest BCUT2D eigenvalue weighted by Crippen LogP contribution is -1.98. The highest BCUT2D eigenvalue weighted by atomic mass is 15.0. The van der Waals surface area contributed by atoms with E-state index in [-0.39, 0.29) is 0 Å². The molecule has 0 aliphatic carbocycles. The number of para-hydroxylation sites is 2. The zero-order valence-electron chi connectivity index (χ0n) is 26.6. The summed E-state index contributed by atoms with van der Waals surface area (Å²) in [6.07, 6.45) is 0. The molecule has 0 spiro atoms. The maximum atomic E-state index is 5.32. The molecule has 49 heavy (non-hydrogen) atoms. The van der Waals surface area contributed by atoms with Crippen LogP contribution in [0.25, 0.3) is 93.7 Å². The molecule has 3 nitrogen and oxygen atoms in total. The summed E-state index contributed by atoms with van der Waals surface area (Å²) in [6.45, 7) is 0. The molecular weight excluding hydrogens is 595 g/mol. The van der Waals surface area contributed by atoms with Crippen LogP contribution in [-0.2, 0) is 0 Å². The second-order valence-electron chi connectivity index (χ2n) is 12.6. The molecule has 10 rings (SSSR count). The van der Waals surface area contributed by atoms with E-state index in [1.807, 2.05) is 18.2 Å². The molecule has 0 unspecified atom stereocenters. The van der Waals surface area contributed by atoms with Crippen molar-refractivity contribution >= 4 is 54.1 Å². The van der Waals surface area contributed by atoms with Gasteiger partial charge in [0.1, 0.15) is 0 Å². The summed E-state index contributed by atoms with van der Waals surface area (Å²) in [5.74, 6) is 0.709. The minimum atomic E-state index is 0.709. The highest BCUT2D eigenvalue weighted by Crippen LogP contribution is 2.41. The Morgan fingerprint density at radius 3 is 1.67 bits per heavy atom. The van der Waals surface area contributed by atoms with Crippen molar-refractivity contribution in [1.82, 2.24) is 14.5 Å². The maximum absolute atomic E-state index is 5.32. The van der Waals surface area contributed by atoms with E-state index < -0.39 is 0 Å². The van der Waals surface area contributed by atoms with Gasteiger partial charge in [-0.15, -0.1) is 0 Å². The van der Waals surface area contributed by atoms with E-state index in [0.29, 0.717) is 5.82 Å². The second kappa shape index (κ2) is 11.0. The molecule has 8 aromatic carbocycles. The number of rotatable bonds is 4. The third kappa shape index (κ3) is 4.44. The van der Waals surface area contributed by atoms with Gasteiger partial charge in [0.25, 0.3) is 0 Å². The van der Waals surface area contributed by atoms with Crippen LogP contribution in [-0.4, -0.2) is 14.5 Å². The van der Waals surface area contributed by atoms with E-state index in [9.17, 15) is 0 Å². The molecule has 2 heterocycles. The SMILES string of the molecule is c1ccc(-c2nc(-c3ccc(-n4c5ccccc5c5ccccc54)cc3)cc(-c3c4ccccc4cc4ccc5ccccc5c34)n2)cc1. The van der Waals surface area contributed by atoms with Gasteiger partial charge in [-0.1, -0.05) is 140 Å². The molecular formula is C46H29N3. The largest absolute Gasteiger partial charge is 0.309 e. The normalized spacial score (nSPS) is 11.7. The average molecular weight is 624 g/mol. The Balaban J connectivity index is 1.22. The van der Waals surface area contributed by atoms with E-state index in [4.69, 9.17) is 9.97 Å². The smallest absolute Gasteiger partial charge is 0.160 e. The zero-order chi connectivity index (χ0) is 32.3. The summed E-state index contributed by atoms with van der Waals surface area (Å²) >= 11 is 0. The van der Waals surface area contributed by atoms with Crippen LogP contribution in [0.2, 0.25) is 0 Å². The Morgan fingerprint density at radius 1 is 0.367 bits per heavy atom. The summed E-state index contributed by atoms with van der Waals surface area (Å²) in [5.41, 5.74) is 8.47. The van der Waals surface area contributed by atoms with Crippen molar-refractivity contribution in [1.29, 1.82) is 0 Å². The Kier molecular flexibility index (Phi) is 6.18. The summed E-state index contributed by atoms with van der Waals surface area (Å²) in [5, 5.41) is 9.72. The van der Waals surface area contributed by atoms with Gasteiger partial charge in [0.15, 0.2) is 5.82 Å². The van der Waals surface area contributed by atoms with Crippen molar-refractivity contribution in [3.63, 3.8) is 0 Å². The molecule has 228 valence electrons. The number of hydrogen-bond acceptors (Lipinski definition) is 2. The van der Waals surface area contributed by atoms with Gasteiger partial charge in [0.05, 0.1) is 22.4 Å². The molecule has 0 amide bonds. The fourth-order valence-corrected chi connectivity index (χ4v) is 7.53. The van der Waals surface area contributed by atoms with E-state index >= 15 is 0 Å².